The summed E-state index contributed by atoms with van der Waals surface area (Å²) in [5.74, 6) is -2.46. The van der Waals surface area contributed by atoms with Crippen LogP contribution in [0.5, 0.6) is 0 Å². The van der Waals surface area contributed by atoms with Crippen molar-refractivity contribution in [3.8, 4) is 0 Å². The van der Waals surface area contributed by atoms with Gasteiger partial charge in [0.15, 0.2) is 0 Å². The van der Waals surface area contributed by atoms with E-state index in [9.17, 15) is 24.3 Å². The van der Waals surface area contributed by atoms with Gasteiger partial charge >= 0.3 is 18.2 Å². The fraction of sp³-hybridized carbons (Fsp3) is 0.207. The van der Waals surface area contributed by atoms with Crippen LogP contribution in [0.25, 0.3) is 0 Å². The van der Waals surface area contributed by atoms with E-state index in [4.69, 9.17) is 14.3 Å². The highest BCUT2D eigenvalue weighted by atomic mass is 16.5. The lowest BCUT2D eigenvalue weighted by molar-refractivity contribution is -0.191. The van der Waals surface area contributed by atoms with Gasteiger partial charge in [-0.3, -0.25) is 9.59 Å². The molecule has 2 atom stereocenters. The molecule has 0 saturated carbocycles. The van der Waals surface area contributed by atoms with E-state index in [1.54, 1.807) is 60.7 Å². The molecule has 208 valence electrons. The summed E-state index contributed by atoms with van der Waals surface area (Å²) in [6.45, 7) is -0.371. The maximum Gasteiger partial charge on any atom is 0.407 e. The topological polar surface area (TPSA) is 168 Å². The average Bonchev–Trinajstić information content (AvgIpc) is 2.96. The lowest BCUT2D eigenvalue weighted by Gasteiger charge is -2.22. The van der Waals surface area contributed by atoms with Gasteiger partial charge in [0, 0.05) is 12.8 Å². The lowest BCUT2D eigenvalue weighted by Crippen LogP contribution is -2.54. The molecule has 0 aliphatic rings. The molecular formula is C29H29N3O8. The fourth-order valence-electron chi connectivity index (χ4n) is 3.55. The summed E-state index contributed by atoms with van der Waals surface area (Å²) in [4.78, 5) is 65.7. The van der Waals surface area contributed by atoms with Gasteiger partial charge in [-0.25, -0.2) is 9.59 Å². The van der Waals surface area contributed by atoms with Crippen LogP contribution >= 0.6 is 0 Å². The lowest BCUT2D eigenvalue weighted by atomic mass is 10.0. The van der Waals surface area contributed by atoms with E-state index in [1.165, 1.54) is 0 Å². The molecule has 0 unspecified atom stereocenters. The molecule has 11 heteroatoms. The Morgan fingerprint density at radius 1 is 0.700 bits per heavy atom. The minimum atomic E-state index is -1.19. The second-order valence-electron chi connectivity index (χ2n) is 8.40. The van der Waals surface area contributed by atoms with Crippen molar-refractivity contribution in [2.75, 3.05) is 6.54 Å². The first-order valence-corrected chi connectivity index (χ1v) is 12.2. The molecule has 3 rings (SSSR count). The van der Waals surface area contributed by atoms with Crippen LogP contribution in [0.2, 0.25) is 0 Å². The molecule has 4 N–H and O–H groups in total. The molecule has 0 bridgehead atoms. The van der Waals surface area contributed by atoms with Gasteiger partial charge in [-0.15, -0.1) is 0 Å². The van der Waals surface area contributed by atoms with E-state index in [0.717, 1.165) is 16.7 Å². The standard InChI is InChI=1S/C28H29N3O6.CO2/c32-25(18-29-28(36)37-19-22-14-8-3-9-15-22)30-23(16-20-10-4-1-5-11-20)26(33)31-24(27(34)35)17-21-12-6-2-7-13-21;2-1-3/h1-15,23-24H,16-19H2,(H,29,36)(H,30,32)(H,31,33)(H,34,35);/t23-,24-;/m0./s1. The van der Waals surface area contributed by atoms with Crippen LogP contribution in [-0.4, -0.2) is 53.8 Å². The number of carboxylic acid groups (broad SMARTS) is 1. The molecule has 3 aromatic carbocycles. The number of carbonyl (C=O) groups is 4. The molecule has 3 amide bonds. The first-order chi connectivity index (χ1) is 19.3. The minimum absolute atomic E-state index is 0.0469. The summed E-state index contributed by atoms with van der Waals surface area (Å²) in [5, 5.41) is 17.1. The molecule has 3 aromatic rings. The number of hydrogen-bond donors (Lipinski definition) is 4. The fourth-order valence-corrected chi connectivity index (χ4v) is 3.55. The SMILES string of the molecule is O=C(CNC(=O)OCc1ccccc1)N[C@@H](Cc1ccccc1)C(=O)N[C@@H](Cc1ccccc1)C(=O)O.O=C=O. The first kappa shape index (κ1) is 30.9. The number of hydrogen-bond acceptors (Lipinski definition) is 7. The zero-order chi connectivity index (χ0) is 29.2. The van der Waals surface area contributed by atoms with Crippen molar-refractivity contribution in [3.05, 3.63) is 108 Å². The molecule has 0 aliphatic heterocycles. The number of ether oxygens (including phenoxy) is 1. The number of nitrogens with one attached hydrogen (secondary N) is 3. The zero-order valence-corrected chi connectivity index (χ0v) is 21.4. The quantitative estimate of drug-likeness (QED) is 0.266. The van der Waals surface area contributed by atoms with Crippen LogP contribution in [0.4, 0.5) is 4.79 Å². The number of amides is 3. The van der Waals surface area contributed by atoms with Crippen molar-refractivity contribution in [3.63, 3.8) is 0 Å². The average molecular weight is 548 g/mol. The molecule has 11 nitrogen and oxygen atoms in total. The van der Waals surface area contributed by atoms with Crippen molar-refractivity contribution < 1.29 is 38.6 Å². The number of carbonyl (C=O) groups excluding carboxylic acids is 5. The van der Waals surface area contributed by atoms with Crippen molar-refractivity contribution in [2.24, 2.45) is 0 Å². The van der Waals surface area contributed by atoms with Gasteiger partial charge in [0.1, 0.15) is 25.2 Å². The van der Waals surface area contributed by atoms with Crippen molar-refractivity contribution in [1.29, 1.82) is 0 Å². The second kappa shape index (κ2) is 17.3. The maximum atomic E-state index is 13.1. The number of rotatable bonds is 12. The van der Waals surface area contributed by atoms with Gasteiger partial charge in [0.25, 0.3) is 0 Å². The van der Waals surface area contributed by atoms with Gasteiger partial charge in [-0.1, -0.05) is 91.0 Å². The third kappa shape index (κ3) is 11.8. The smallest absolute Gasteiger partial charge is 0.407 e. The Hall–Kier alpha value is -5.28. The molecule has 0 spiro atoms. The van der Waals surface area contributed by atoms with Gasteiger partial charge in [-0.2, -0.15) is 9.59 Å². The van der Waals surface area contributed by atoms with E-state index in [0.29, 0.717) is 0 Å². The summed E-state index contributed by atoms with van der Waals surface area (Å²) in [6, 6.07) is 24.8. The van der Waals surface area contributed by atoms with E-state index in [1.807, 2.05) is 30.3 Å². The van der Waals surface area contributed by atoms with Crippen LogP contribution < -0.4 is 16.0 Å². The van der Waals surface area contributed by atoms with E-state index >= 15 is 0 Å². The van der Waals surface area contributed by atoms with Crippen LogP contribution in [0.3, 0.4) is 0 Å². The van der Waals surface area contributed by atoms with Gasteiger partial charge in [0.2, 0.25) is 11.8 Å². The number of carboxylic acids is 1. The molecule has 0 aromatic heterocycles. The van der Waals surface area contributed by atoms with E-state index < -0.39 is 42.5 Å². The Balaban J connectivity index is 0.00000178. The molecule has 0 saturated heterocycles. The van der Waals surface area contributed by atoms with Crippen molar-refractivity contribution in [1.82, 2.24) is 16.0 Å². The number of alkyl carbamates (subject to hydrolysis) is 1. The Kier molecular flexibility index (Phi) is 13.4. The highest BCUT2D eigenvalue weighted by molar-refractivity contribution is 5.91. The third-order valence-corrected chi connectivity index (χ3v) is 5.44. The largest absolute Gasteiger partial charge is 0.480 e. The molecule has 0 heterocycles. The van der Waals surface area contributed by atoms with Gasteiger partial charge in [0.05, 0.1) is 0 Å². The Bertz CT molecular complexity index is 1260. The summed E-state index contributed by atoms with van der Waals surface area (Å²) >= 11 is 0. The molecule has 0 fully saturated rings. The summed E-state index contributed by atoms with van der Waals surface area (Å²) in [5.41, 5.74) is 2.32. The van der Waals surface area contributed by atoms with Crippen LogP contribution in [0.1, 0.15) is 16.7 Å². The van der Waals surface area contributed by atoms with Crippen molar-refractivity contribution in [2.45, 2.75) is 31.5 Å². The highest BCUT2D eigenvalue weighted by Crippen LogP contribution is 2.07. The minimum Gasteiger partial charge on any atom is -0.480 e. The molecule has 0 aliphatic carbocycles. The molecule has 40 heavy (non-hydrogen) atoms. The molecular weight excluding hydrogens is 518 g/mol. The second-order valence-corrected chi connectivity index (χ2v) is 8.40. The summed E-state index contributed by atoms with van der Waals surface area (Å²) in [6.07, 6.45) is -0.311. The van der Waals surface area contributed by atoms with E-state index in [-0.39, 0.29) is 25.6 Å². The highest BCUT2D eigenvalue weighted by Gasteiger charge is 2.27. The predicted octanol–water partition coefficient (Wildman–Crippen LogP) is 1.87. The van der Waals surface area contributed by atoms with Crippen LogP contribution in [-0.2, 0) is 48.2 Å². The summed E-state index contributed by atoms with van der Waals surface area (Å²) in [7, 11) is 0. The van der Waals surface area contributed by atoms with E-state index in [2.05, 4.69) is 16.0 Å². The monoisotopic (exact) mass is 547 g/mol. The number of aliphatic carboxylic acids is 1. The third-order valence-electron chi connectivity index (χ3n) is 5.44. The summed E-state index contributed by atoms with van der Waals surface area (Å²) < 4.78 is 5.09. The Labute approximate surface area is 230 Å². The van der Waals surface area contributed by atoms with Crippen LogP contribution in [0.15, 0.2) is 91.0 Å². The zero-order valence-electron chi connectivity index (χ0n) is 21.4. The normalized spacial score (nSPS) is 11.3. The Morgan fingerprint density at radius 3 is 1.62 bits per heavy atom. The first-order valence-electron chi connectivity index (χ1n) is 12.2. The maximum absolute atomic E-state index is 13.1. The van der Waals surface area contributed by atoms with Crippen molar-refractivity contribution >= 4 is 30.0 Å². The molecule has 0 radical (unpaired) electrons. The Morgan fingerprint density at radius 2 is 1.15 bits per heavy atom. The number of benzene rings is 3. The van der Waals surface area contributed by atoms with Crippen LogP contribution in [0, 0.1) is 0 Å². The van der Waals surface area contributed by atoms with Gasteiger partial charge in [-0.05, 0) is 16.7 Å². The van der Waals surface area contributed by atoms with Gasteiger partial charge < -0.3 is 25.8 Å². The predicted molar refractivity (Wildman–Crippen MR) is 141 cm³/mol.